The van der Waals surface area contributed by atoms with E-state index in [4.69, 9.17) is 14.2 Å². The summed E-state index contributed by atoms with van der Waals surface area (Å²) in [6.07, 6.45) is 1.67. The van der Waals surface area contributed by atoms with Crippen LogP contribution in [0.25, 0.3) is 6.08 Å². The van der Waals surface area contributed by atoms with E-state index in [1.807, 2.05) is 43.3 Å². The van der Waals surface area contributed by atoms with Crippen molar-refractivity contribution in [3.8, 4) is 17.2 Å². The average molecular weight is 540 g/mol. The minimum Gasteiger partial charge on any atom is -0.495 e. The number of ether oxygens (including phenoxy) is 3. The van der Waals surface area contributed by atoms with Crippen molar-refractivity contribution in [3.63, 3.8) is 0 Å². The highest BCUT2D eigenvalue weighted by molar-refractivity contribution is 9.10. The Labute approximate surface area is 210 Å². The van der Waals surface area contributed by atoms with Crippen LogP contribution in [-0.4, -0.2) is 24.9 Å². The number of anilines is 1. The van der Waals surface area contributed by atoms with E-state index in [1.54, 1.807) is 36.4 Å². The molecule has 1 heterocycles. The summed E-state index contributed by atoms with van der Waals surface area (Å²) in [5, 5.41) is -0.385. The number of nitrogens with zero attached hydrogens (tertiary/aromatic N) is 1. The van der Waals surface area contributed by atoms with Gasteiger partial charge in [0.15, 0.2) is 11.5 Å². The SMILES string of the molecule is CCOc1cc(/C=C2\SC(=O)N(c3ccccc3OC)C2=O)c(Br)cc1OCc1ccccc1. The molecule has 1 aliphatic rings. The zero-order valence-corrected chi connectivity index (χ0v) is 21.0. The monoisotopic (exact) mass is 539 g/mol. The number of hydrogen-bond acceptors (Lipinski definition) is 6. The van der Waals surface area contributed by atoms with Crippen LogP contribution in [0.5, 0.6) is 17.2 Å². The molecule has 34 heavy (non-hydrogen) atoms. The molecule has 3 aromatic rings. The Morgan fingerprint density at radius 2 is 1.65 bits per heavy atom. The van der Waals surface area contributed by atoms with Crippen molar-refractivity contribution in [1.82, 2.24) is 0 Å². The maximum atomic E-state index is 13.1. The first-order valence-electron chi connectivity index (χ1n) is 10.6. The van der Waals surface area contributed by atoms with E-state index in [-0.39, 0.29) is 5.24 Å². The zero-order chi connectivity index (χ0) is 24.1. The van der Waals surface area contributed by atoms with Crippen molar-refractivity contribution < 1.29 is 23.8 Å². The highest BCUT2D eigenvalue weighted by Crippen LogP contribution is 2.41. The number of carbonyl (C=O) groups is 2. The summed E-state index contributed by atoms with van der Waals surface area (Å²) < 4.78 is 17.8. The number of carbonyl (C=O) groups excluding carboxylic acids is 2. The van der Waals surface area contributed by atoms with Crippen LogP contribution in [0, 0.1) is 0 Å². The number of thioether (sulfide) groups is 1. The lowest BCUT2D eigenvalue weighted by molar-refractivity contribution is -0.113. The third-order valence-electron chi connectivity index (χ3n) is 5.01. The first-order valence-corrected chi connectivity index (χ1v) is 12.2. The van der Waals surface area contributed by atoms with Gasteiger partial charge < -0.3 is 14.2 Å². The van der Waals surface area contributed by atoms with Crippen LogP contribution in [0.1, 0.15) is 18.1 Å². The zero-order valence-electron chi connectivity index (χ0n) is 18.6. The fraction of sp³-hybridized carbons (Fsp3) is 0.154. The molecule has 0 atom stereocenters. The predicted octanol–water partition coefficient (Wildman–Crippen LogP) is 6.68. The molecule has 4 rings (SSSR count). The van der Waals surface area contributed by atoms with Crippen LogP contribution in [0.15, 0.2) is 76.1 Å². The molecule has 1 fully saturated rings. The molecule has 174 valence electrons. The van der Waals surface area contributed by atoms with E-state index in [0.29, 0.717) is 51.1 Å². The van der Waals surface area contributed by atoms with Gasteiger partial charge in [0, 0.05) is 4.47 Å². The molecule has 0 N–H and O–H groups in total. The summed E-state index contributed by atoms with van der Waals surface area (Å²) in [5.74, 6) is 1.17. The summed E-state index contributed by atoms with van der Waals surface area (Å²) in [7, 11) is 1.50. The van der Waals surface area contributed by atoms with Crippen molar-refractivity contribution in [3.05, 3.63) is 87.2 Å². The van der Waals surface area contributed by atoms with Crippen molar-refractivity contribution in [2.24, 2.45) is 0 Å². The Morgan fingerprint density at radius 3 is 2.38 bits per heavy atom. The number of amides is 2. The second-order valence-electron chi connectivity index (χ2n) is 7.22. The van der Waals surface area contributed by atoms with Crippen LogP contribution in [0.3, 0.4) is 0 Å². The van der Waals surface area contributed by atoms with Gasteiger partial charge >= 0.3 is 0 Å². The number of rotatable bonds is 8. The summed E-state index contributed by atoms with van der Waals surface area (Å²) in [5.41, 5.74) is 2.14. The Hall–Kier alpha value is -3.23. The van der Waals surface area contributed by atoms with Gasteiger partial charge in [0.05, 0.1) is 24.3 Å². The first kappa shape index (κ1) is 23.9. The molecule has 0 spiro atoms. The molecular weight excluding hydrogens is 518 g/mol. The topological polar surface area (TPSA) is 65.1 Å². The standard InChI is InChI=1S/C26H22BrNO5S/c1-3-32-22-13-18(19(27)15-23(22)33-16-17-9-5-4-6-10-17)14-24-25(29)28(26(30)34-24)20-11-7-8-12-21(20)31-2/h4-15H,3,16H2,1-2H3/b24-14-. The molecule has 0 aromatic heterocycles. The van der Waals surface area contributed by atoms with Gasteiger partial charge in [-0.25, -0.2) is 4.90 Å². The van der Waals surface area contributed by atoms with E-state index >= 15 is 0 Å². The highest BCUT2D eigenvalue weighted by atomic mass is 79.9. The van der Waals surface area contributed by atoms with Gasteiger partial charge in [-0.15, -0.1) is 0 Å². The Balaban J connectivity index is 1.62. The van der Waals surface area contributed by atoms with Gasteiger partial charge in [-0.2, -0.15) is 0 Å². The van der Waals surface area contributed by atoms with Gasteiger partial charge in [-0.1, -0.05) is 58.4 Å². The molecule has 2 amide bonds. The minimum absolute atomic E-state index is 0.303. The second kappa shape index (κ2) is 10.8. The lowest BCUT2D eigenvalue weighted by atomic mass is 10.1. The number of methoxy groups -OCH3 is 1. The molecule has 0 unspecified atom stereocenters. The molecule has 1 aliphatic heterocycles. The lowest BCUT2D eigenvalue weighted by Crippen LogP contribution is -2.28. The highest BCUT2D eigenvalue weighted by Gasteiger charge is 2.37. The van der Waals surface area contributed by atoms with Gasteiger partial charge in [0.2, 0.25) is 0 Å². The lowest BCUT2D eigenvalue weighted by Gasteiger charge is -2.16. The van der Waals surface area contributed by atoms with Crippen LogP contribution >= 0.6 is 27.7 Å². The maximum absolute atomic E-state index is 13.1. The molecule has 0 saturated carbocycles. The van der Waals surface area contributed by atoms with Gasteiger partial charge in [0.1, 0.15) is 12.4 Å². The molecular formula is C26H22BrNO5S. The third-order valence-corrected chi connectivity index (χ3v) is 6.56. The Morgan fingerprint density at radius 1 is 0.941 bits per heavy atom. The number of imide groups is 1. The summed E-state index contributed by atoms with van der Waals surface area (Å²) in [6.45, 7) is 2.74. The molecule has 0 radical (unpaired) electrons. The van der Waals surface area contributed by atoms with Crippen LogP contribution in [0.4, 0.5) is 10.5 Å². The normalized spacial score (nSPS) is 14.6. The van der Waals surface area contributed by atoms with E-state index in [2.05, 4.69) is 15.9 Å². The fourth-order valence-corrected chi connectivity index (χ4v) is 4.67. The molecule has 1 saturated heterocycles. The Kier molecular flexibility index (Phi) is 7.59. The molecule has 3 aromatic carbocycles. The average Bonchev–Trinajstić information content (AvgIpc) is 3.13. The molecule has 0 aliphatic carbocycles. The maximum Gasteiger partial charge on any atom is 0.298 e. The van der Waals surface area contributed by atoms with Crippen molar-refractivity contribution in [1.29, 1.82) is 0 Å². The van der Waals surface area contributed by atoms with Crippen molar-refractivity contribution in [2.45, 2.75) is 13.5 Å². The number of halogens is 1. The molecule has 8 heteroatoms. The van der Waals surface area contributed by atoms with E-state index in [1.165, 1.54) is 7.11 Å². The number of hydrogen-bond donors (Lipinski definition) is 0. The van der Waals surface area contributed by atoms with Crippen molar-refractivity contribution >= 4 is 50.6 Å². The number of benzene rings is 3. The molecule has 6 nitrogen and oxygen atoms in total. The summed E-state index contributed by atoms with van der Waals surface area (Å²) >= 11 is 4.45. The smallest absolute Gasteiger partial charge is 0.298 e. The van der Waals surface area contributed by atoms with E-state index < -0.39 is 5.91 Å². The Bertz CT molecular complexity index is 1250. The quantitative estimate of drug-likeness (QED) is 0.297. The van der Waals surface area contributed by atoms with E-state index in [9.17, 15) is 9.59 Å². The first-order chi connectivity index (χ1) is 16.5. The van der Waals surface area contributed by atoms with Crippen LogP contribution in [0.2, 0.25) is 0 Å². The summed E-state index contributed by atoms with van der Waals surface area (Å²) in [6, 6.07) is 20.4. The minimum atomic E-state index is -0.409. The fourth-order valence-electron chi connectivity index (χ4n) is 3.41. The van der Waals surface area contributed by atoms with Gasteiger partial charge in [0.25, 0.3) is 11.1 Å². The predicted molar refractivity (Wildman–Crippen MR) is 138 cm³/mol. The van der Waals surface area contributed by atoms with Crippen LogP contribution < -0.4 is 19.1 Å². The van der Waals surface area contributed by atoms with Gasteiger partial charge in [-0.05, 0) is 60.2 Å². The second-order valence-corrected chi connectivity index (χ2v) is 9.06. The molecule has 0 bridgehead atoms. The van der Waals surface area contributed by atoms with Crippen LogP contribution in [-0.2, 0) is 11.4 Å². The van der Waals surface area contributed by atoms with Crippen molar-refractivity contribution in [2.75, 3.05) is 18.6 Å². The largest absolute Gasteiger partial charge is 0.495 e. The van der Waals surface area contributed by atoms with Gasteiger partial charge in [-0.3, -0.25) is 9.59 Å². The number of para-hydroxylation sites is 2. The van der Waals surface area contributed by atoms with E-state index in [0.717, 1.165) is 22.2 Å². The summed E-state index contributed by atoms with van der Waals surface area (Å²) in [4.78, 5) is 27.3. The third kappa shape index (κ3) is 5.13.